The maximum atomic E-state index is 16.8. The van der Waals surface area contributed by atoms with Gasteiger partial charge in [0.1, 0.15) is 29.3 Å². The lowest BCUT2D eigenvalue weighted by Crippen LogP contribution is -2.51. The number of fused-ring (bicyclic) bond motifs is 6. The molecule has 0 radical (unpaired) electrons. The summed E-state index contributed by atoms with van der Waals surface area (Å²) in [7, 11) is 1.28. The van der Waals surface area contributed by atoms with Crippen LogP contribution in [-0.4, -0.2) is 67.1 Å². The van der Waals surface area contributed by atoms with Crippen molar-refractivity contribution in [1.29, 1.82) is 0 Å². The molecule has 2 unspecified atom stereocenters. The summed E-state index contributed by atoms with van der Waals surface area (Å²) in [5, 5.41) is 7.39. The van der Waals surface area contributed by atoms with E-state index in [0.29, 0.717) is 53.3 Å². The predicted octanol–water partition coefficient (Wildman–Crippen LogP) is 8.82. The van der Waals surface area contributed by atoms with Gasteiger partial charge in [-0.15, -0.1) is 11.3 Å². The molecule has 2 aliphatic carbocycles. The lowest BCUT2D eigenvalue weighted by Gasteiger charge is -2.30. The molecular weight excluding hydrogens is 768 g/mol. The van der Waals surface area contributed by atoms with Gasteiger partial charge in [-0.1, -0.05) is 26.8 Å². The number of benzene rings is 2. The summed E-state index contributed by atoms with van der Waals surface area (Å²) in [6.07, 6.45) is 7.98. The molecule has 4 N–H and O–H groups in total. The Hall–Kier alpha value is -5.47. The Kier molecular flexibility index (Phi) is 8.56. The van der Waals surface area contributed by atoms with Gasteiger partial charge in [-0.05, 0) is 98.2 Å². The summed E-state index contributed by atoms with van der Waals surface area (Å²) < 4.78 is 30.6. The topological polar surface area (TPSA) is 142 Å². The van der Waals surface area contributed by atoms with Gasteiger partial charge in [-0.2, -0.15) is 0 Å². The molecule has 304 valence electrons. The third-order valence-electron chi connectivity index (χ3n) is 13.0. The first-order valence-corrected chi connectivity index (χ1v) is 21.7. The van der Waals surface area contributed by atoms with Crippen LogP contribution in [0.15, 0.2) is 60.9 Å². The fourth-order valence-corrected chi connectivity index (χ4v) is 10.8. The molecule has 12 nitrogen and oxygen atoms in total. The third-order valence-corrected chi connectivity index (χ3v) is 14.3. The zero-order chi connectivity index (χ0) is 40.3. The number of imidazole rings is 2. The molecule has 6 aromatic rings. The van der Waals surface area contributed by atoms with E-state index in [1.54, 1.807) is 22.4 Å². The molecule has 59 heavy (non-hydrogen) atoms. The van der Waals surface area contributed by atoms with Gasteiger partial charge in [-0.3, -0.25) is 9.36 Å². The van der Waals surface area contributed by atoms with Crippen LogP contribution in [0.5, 0.6) is 5.75 Å². The summed E-state index contributed by atoms with van der Waals surface area (Å²) in [5.41, 5.74) is 5.33. The number of methoxy groups -OCH3 is 1. The number of nitrogens with zero attached hydrogens (tertiary/aromatic N) is 4. The fourth-order valence-electron chi connectivity index (χ4n) is 9.65. The van der Waals surface area contributed by atoms with E-state index < -0.39 is 24.2 Å². The number of thiophene rings is 1. The molecule has 7 heterocycles. The summed E-state index contributed by atoms with van der Waals surface area (Å²) in [6.45, 7) is 6.41. The minimum Gasteiger partial charge on any atom is -0.464 e. The number of aromatic amines is 2. The molecule has 2 aromatic carbocycles. The van der Waals surface area contributed by atoms with Gasteiger partial charge in [0.05, 0.1) is 64.6 Å². The fraction of sp³-hybridized carbons (Fsp3) is 0.422. The lowest BCUT2D eigenvalue weighted by molar-refractivity contribution is -0.135. The van der Waals surface area contributed by atoms with Crippen LogP contribution in [0.3, 0.4) is 0 Å². The van der Waals surface area contributed by atoms with Crippen molar-refractivity contribution >= 4 is 34.2 Å². The Bertz CT molecular complexity index is 2630. The van der Waals surface area contributed by atoms with E-state index in [-0.39, 0.29) is 29.8 Å². The summed E-state index contributed by atoms with van der Waals surface area (Å²) in [6, 6.07) is 16.1. The van der Waals surface area contributed by atoms with Crippen LogP contribution in [-0.2, 0) is 9.53 Å². The molecule has 2 saturated heterocycles. The first-order chi connectivity index (χ1) is 28.6. The van der Waals surface area contributed by atoms with Crippen LogP contribution in [0.1, 0.15) is 98.5 Å². The van der Waals surface area contributed by atoms with E-state index in [9.17, 15) is 9.59 Å². The van der Waals surface area contributed by atoms with Crippen LogP contribution < -0.4 is 15.4 Å². The van der Waals surface area contributed by atoms with Crippen molar-refractivity contribution in [2.75, 3.05) is 13.7 Å². The third kappa shape index (κ3) is 6.33. The normalized spacial score (nSPS) is 24.8. The first-order valence-electron chi connectivity index (χ1n) is 20.9. The number of halogens is 1. The largest absolute Gasteiger partial charge is 0.464 e. The summed E-state index contributed by atoms with van der Waals surface area (Å²) in [4.78, 5) is 46.8. The maximum Gasteiger partial charge on any atom is 0.407 e. The van der Waals surface area contributed by atoms with Crippen molar-refractivity contribution in [2.24, 2.45) is 17.8 Å². The second kappa shape index (κ2) is 13.8. The highest BCUT2D eigenvalue weighted by atomic mass is 32.1. The van der Waals surface area contributed by atoms with Gasteiger partial charge < -0.3 is 35.0 Å². The van der Waals surface area contributed by atoms with E-state index in [4.69, 9.17) is 19.4 Å². The predicted molar refractivity (Wildman–Crippen MR) is 222 cm³/mol. The quantitative estimate of drug-likeness (QED) is 0.114. The van der Waals surface area contributed by atoms with E-state index in [0.717, 1.165) is 50.9 Å². The standard InChI is InChI=1S/C45H47FN8O4S/c1-21(2)40(52-45(56)57-4)43(55)53-20-22(3)11-35(53)42-48-19-32(51-42)25-13-28(46)39-34-16-27-12-24(31-18-47-41(50-31)30-15-26-14-29(26)49-30)7-8-33(27)54(34)44(58-36(39)17-25)38-10-9-37(59-38)23-5-6-23/h7-10,12-13,16-19,21-23,26,29-30,35,40,44,49H,5-6,11,14-15,20H2,1-4H3,(H,47,50)(H,48,51)(H,52,56)/t22-,26-,29?,30+,35+,40+,44?/m1/s1. The molecule has 2 amide bonds. The van der Waals surface area contributed by atoms with Gasteiger partial charge in [0.25, 0.3) is 0 Å². The number of alkyl carbamates (subject to hydrolysis) is 1. The van der Waals surface area contributed by atoms with E-state index in [1.165, 1.54) is 37.3 Å². The Morgan fingerprint density at radius 1 is 0.966 bits per heavy atom. The minimum atomic E-state index is -0.752. The Balaban J connectivity index is 0.939. The second-order valence-electron chi connectivity index (χ2n) is 17.6. The number of aromatic nitrogens is 5. The number of nitrogens with one attached hydrogen (secondary N) is 4. The van der Waals surface area contributed by atoms with Crippen molar-refractivity contribution in [3.8, 4) is 39.5 Å². The van der Waals surface area contributed by atoms with Gasteiger partial charge in [0, 0.05) is 34.0 Å². The van der Waals surface area contributed by atoms with E-state index in [1.807, 2.05) is 26.1 Å². The Labute approximate surface area is 344 Å². The van der Waals surface area contributed by atoms with Crippen molar-refractivity contribution in [1.82, 2.24) is 40.0 Å². The highest BCUT2D eigenvalue weighted by Gasteiger charge is 2.47. The van der Waals surface area contributed by atoms with Gasteiger partial charge >= 0.3 is 6.09 Å². The molecule has 4 aromatic heterocycles. The molecule has 14 heteroatoms. The number of ether oxygens (including phenoxy) is 2. The number of likely N-dealkylation sites (tertiary alicyclic amines) is 1. The second-order valence-corrected chi connectivity index (χ2v) is 18.8. The monoisotopic (exact) mass is 814 g/mol. The van der Waals surface area contributed by atoms with Gasteiger partial charge in [0.15, 0.2) is 0 Å². The zero-order valence-corrected chi connectivity index (χ0v) is 34.2. The maximum absolute atomic E-state index is 16.8. The molecule has 5 aliphatic rings. The highest BCUT2D eigenvalue weighted by Crippen LogP contribution is 2.51. The van der Waals surface area contributed by atoms with Crippen LogP contribution in [0.4, 0.5) is 9.18 Å². The molecule has 0 bridgehead atoms. The average Bonchev–Trinajstić information content (AvgIpc) is 3.70. The summed E-state index contributed by atoms with van der Waals surface area (Å²) in [5.74, 6) is 2.89. The zero-order valence-electron chi connectivity index (χ0n) is 33.4. The number of rotatable bonds is 9. The Morgan fingerprint density at radius 2 is 1.75 bits per heavy atom. The molecular formula is C45H47FN8O4S. The number of carbonyl (C=O) groups excluding carboxylic acids is 2. The van der Waals surface area contributed by atoms with E-state index in [2.05, 4.69) is 68.5 Å². The molecule has 4 fully saturated rings. The lowest BCUT2D eigenvalue weighted by atomic mass is 10.0. The van der Waals surface area contributed by atoms with Crippen molar-refractivity contribution < 1.29 is 23.5 Å². The number of H-pyrrole nitrogens is 2. The van der Waals surface area contributed by atoms with E-state index >= 15 is 4.39 Å². The number of piperidine rings is 1. The minimum absolute atomic E-state index is 0.156. The van der Waals surface area contributed by atoms with Crippen molar-refractivity contribution in [2.45, 2.75) is 89.2 Å². The molecule has 3 aliphatic heterocycles. The number of carbonyl (C=O) groups is 2. The van der Waals surface area contributed by atoms with Crippen LogP contribution in [0.2, 0.25) is 0 Å². The molecule has 2 saturated carbocycles. The number of amides is 2. The highest BCUT2D eigenvalue weighted by molar-refractivity contribution is 7.12. The summed E-state index contributed by atoms with van der Waals surface area (Å²) >= 11 is 1.77. The van der Waals surface area contributed by atoms with Crippen LogP contribution >= 0.6 is 11.3 Å². The average molecular weight is 815 g/mol. The van der Waals surface area contributed by atoms with Crippen molar-refractivity contribution in [3.05, 3.63) is 88.1 Å². The molecule has 11 rings (SSSR count). The van der Waals surface area contributed by atoms with Crippen LogP contribution in [0, 0.1) is 23.6 Å². The Morgan fingerprint density at radius 3 is 2.51 bits per heavy atom. The SMILES string of the molecule is COC(=O)N[C@H](C(=O)N1C[C@H](C)C[C@H]1c1ncc(-c2cc(F)c3c(c2)OC(c2ccc(C4CC4)s2)n2c-3cc3cc(-c4cnc([C@@H]5C[C@H]6CC6N5)[nH]4)ccc32)[nH]1)C(C)C. The first kappa shape index (κ1) is 36.6. The van der Waals surface area contributed by atoms with Gasteiger partial charge in [0.2, 0.25) is 12.1 Å². The van der Waals surface area contributed by atoms with Crippen LogP contribution in [0.25, 0.3) is 44.7 Å². The number of hydrogen-bond donors (Lipinski definition) is 4. The molecule has 7 atom stereocenters. The molecule has 0 spiro atoms. The number of hydrogen-bond acceptors (Lipinski definition) is 8. The van der Waals surface area contributed by atoms with Crippen molar-refractivity contribution in [3.63, 3.8) is 0 Å². The smallest absolute Gasteiger partial charge is 0.407 e. The van der Waals surface area contributed by atoms with Gasteiger partial charge in [-0.25, -0.2) is 19.2 Å².